The van der Waals surface area contributed by atoms with Crippen LogP contribution in [0.5, 0.6) is 0 Å². The van der Waals surface area contributed by atoms with Crippen molar-refractivity contribution >= 4 is 5.91 Å². The van der Waals surface area contributed by atoms with Gasteiger partial charge in [0.05, 0.1) is 5.69 Å². The van der Waals surface area contributed by atoms with Gasteiger partial charge >= 0.3 is 6.18 Å². The second-order valence-corrected chi connectivity index (χ2v) is 6.39. The van der Waals surface area contributed by atoms with E-state index in [-0.39, 0.29) is 5.91 Å². The van der Waals surface area contributed by atoms with E-state index in [1.54, 1.807) is 18.2 Å². The molecule has 2 N–H and O–H groups in total. The van der Waals surface area contributed by atoms with Crippen LogP contribution in [-0.2, 0) is 6.18 Å². The SMILES string of the molecule is O=C(NCCCN1CCNCC1)c1cccc(-n2ccc(C(F)(F)F)n2)c1. The number of amides is 1. The van der Waals surface area contributed by atoms with Crippen molar-refractivity contribution in [2.24, 2.45) is 0 Å². The number of aromatic nitrogens is 2. The second kappa shape index (κ2) is 8.53. The summed E-state index contributed by atoms with van der Waals surface area (Å²) in [7, 11) is 0. The van der Waals surface area contributed by atoms with Crippen LogP contribution in [0.2, 0.25) is 0 Å². The second-order valence-electron chi connectivity index (χ2n) is 6.39. The van der Waals surface area contributed by atoms with E-state index in [4.69, 9.17) is 0 Å². The lowest BCUT2D eigenvalue weighted by molar-refractivity contribution is -0.141. The number of hydrogen-bond donors (Lipinski definition) is 2. The molecule has 0 saturated carbocycles. The van der Waals surface area contributed by atoms with Gasteiger partial charge in [-0.1, -0.05) is 6.07 Å². The zero-order valence-corrected chi connectivity index (χ0v) is 14.8. The Morgan fingerprint density at radius 2 is 2.00 bits per heavy atom. The molecule has 9 heteroatoms. The number of benzene rings is 1. The molecule has 1 aromatic carbocycles. The highest BCUT2D eigenvalue weighted by Gasteiger charge is 2.33. The quantitative estimate of drug-likeness (QED) is 0.751. The van der Waals surface area contributed by atoms with Crippen molar-refractivity contribution in [3.05, 3.63) is 47.8 Å². The molecule has 1 fully saturated rings. The van der Waals surface area contributed by atoms with E-state index in [9.17, 15) is 18.0 Å². The molecule has 1 saturated heterocycles. The maximum Gasteiger partial charge on any atom is 0.435 e. The average molecular weight is 381 g/mol. The summed E-state index contributed by atoms with van der Waals surface area (Å²) < 4.78 is 39.2. The standard InChI is InChI=1S/C18H22F3N5O/c19-18(20,21)16-5-10-26(24-16)15-4-1-3-14(13-15)17(27)23-6-2-9-25-11-7-22-8-12-25/h1,3-5,10,13,22H,2,6-9,11-12H2,(H,23,27). The molecule has 0 bridgehead atoms. The molecule has 1 aliphatic heterocycles. The first-order chi connectivity index (χ1) is 12.9. The van der Waals surface area contributed by atoms with Crippen LogP contribution in [0, 0.1) is 0 Å². The van der Waals surface area contributed by atoms with Crippen molar-refractivity contribution in [3.63, 3.8) is 0 Å². The Kier molecular flexibility index (Phi) is 6.12. The summed E-state index contributed by atoms with van der Waals surface area (Å²) in [6.45, 7) is 5.48. The molecule has 27 heavy (non-hydrogen) atoms. The number of nitrogens with zero attached hydrogens (tertiary/aromatic N) is 3. The number of alkyl halides is 3. The van der Waals surface area contributed by atoms with E-state index in [2.05, 4.69) is 20.6 Å². The fourth-order valence-electron chi connectivity index (χ4n) is 2.95. The predicted octanol–water partition coefficient (Wildman–Crippen LogP) is 1.92. The first kappa shape index (κ1) is 19.4. The molecule has 2 heterocycles. The zero-order valence-electron chi connectivity index (χ0n) is 14.8. The van der Waals surface area contributed by atoms with Gasteiger partial charge in [-0.2, -0.15) is 18.3 Å². The van der Waals surface area contributed by atoms with Crippen LogP contribution >= 0.6 is 0 Å². The van der Waals surface area contributed by atoms with E-state index >= 15 is 0 Å². The molecule has 146 valence electrons. The summed E-state index contributed by atoms with van der Waals surface area (Å²) in [6.07, 6.45) is -2.42. The monoisotopic (exact) mass is 381 g/mol. The first-order valence-corrected chi connectivity index (χ1v) is 8.88. The Morgan fingerprint density at radius 3 is 2.70 bits per heavy atom. The number of carbonyl (C=O) groups excluding carboxylic acids is 1. The summed E-state index contributed by atoms with van der Waals surface area (Å²) in [5.41, 5.74) is -0.178. The Morgan fingerprint density at radius 1 is 1.22 bits per heavy atom. The van der Waals surface area contributed by atoms with Gasteiger partial charge in [-0.15, -0.1) is 0 Å². The molecule has 1 amide bonds. The van der Waals surface area contributed by atoms with Crippen LogP contribution in [0.25, 0.3) is 5.69 Å². The van der Waals surface area contributed by atoms with E-state index in [1.165, 1.54) is 12.3 Å². The van der Waals surface area contributed by atoms with Crippen LogP contribution in [0.15, 0.2) is 36.5 Å². The summed E-state index contributed by atoms with van der Waals surface area (Å²) in [5.74, 6) is -0.250. The van der Waals surface area contributed by atoms with E-state index < -0.39 is 11.9 Å². The van der Waals surface area contributed by atoms with Gasteiger partial charge in [0.1, 0.15) is 0 Å². The number of carbonyl (C=O) groups is 1. The van der Waals surface area contributed by atoms with Gasteiger partial charge in [-0.05, 0) is 37.2 Å². The van der Waals surface area contributed by atoms with Gasteiger partial charge < -0.3 is 15.5 Å². The largest absolute Gasteiger partial charge is 0.435 e. The zero-order chi connectivity index (χ0) is 19.3. The number of hydrogen-bond acceptors (Lipinski definition) is 4. The highest BCUT2D eigenvalue weighted by Crippen LogP contribution is 2.27. The van der Waals surface area contributed by atoms with Crippen molar-refractivity contribution in [1.29, 1.82) is 0 Å². The van der Waals surface area contributed by atoms with Crippen LogP contribution in [0.3, 0.4) is 0 Å². The predicted molar refractivity (Wildman–Crippen MR) is 94.8 cm³/mol. The van der Waals surface area contributed by atoms with Gasteiger partial charge in [-0.25, -0.2) is 4.68 Å². The Bertz CT molecular complexity index is 768. The van der Waals surface area contributed by atoms with Crippen molar-refractivity contribution in [2.45, 2.75) is 12.6 Å². The number of nitrogens with one attached hydrogen (secondary N) is 2. The lowest BCUT2D eigenvalue weighted by Crippen LogP contribution is -2.44. The van der Waals surface area contributed by atoms with Crippen molar-refractivity contribution in [2.75, 3.05) is 39.3 Å². The van der Waals surface area contributed by atoms with Gasteiger partial charge in [0, 0.05) is 44.5 Å². The highest BCUT2D eigenvalue weighted by atomic mass is 19.4. The minimum absolute atomic E-state index is 0.250. The molecule has 3 rings (SSSR count). The van der Waals surface area contributed by atoms with Crippen molar-refractivity contribution in [3.8, 4) is 5.69 Å². The molecule has 2 aromatic rings. The van der Waals surface area contributed by atoms with Crippen LogP contribution in [0.4, 0.5) is 13.2 Å². The van der Waals surface area contributed by atoms with Gasteiger partial charge in [0.2, 0.25) is 0 Å². The number of halogens is 3. The Hall–Kier alpha value is -2.39. The Balaban J connectivity index is 1.54. The lowest BCUT2D eigenvalue weighted by atomic mass is 10.2. The third-order valence-corrected chi connectivity index (χ3v) is 4.40. The van der Waals surface area contributed by atoms with E-state index in [0.717, 1.165) is 49.9 Å². The fourth-order valence-corrected chi connectivity index (χ4v) is 2.95. The van der Waals surface area contributed by atoms with E-state index in [0.29, 0.717) is 17.8 Å². The van der Waals surface area contributed by atoms with Crippen LogP contribution < -0.4 is 10.6 Å². The average Bonchev–Trinajstić information content (AvgIpc) is 3.17. The minimum Gasteiger partial charge on any atom is -0.352 e. The maximum atomic E-state index is 12.7. The van der Waals surface area contributed by atoms with Gasteiger partial charge in [0.15, 0.2) is 5.69 Å². The Labute approximate surface area is 155 Å². The molecule has 0 unspecified atom stereocenters. The molecule has 1 aromatic heterocycles. The van der Waals surface area contributed by atoms with Gasteiger partial charge in [0.25, 0.3) is 5.91 Å². The summed E-state index contributed by atoms with van der Waals surface area (Å²) >= 11 is 0. The van der Waals surface area contributed by atoms with Crippen molar-refractivity contribution < 1.29 is 18.0 Å². The summed E-state index contributed by atoms with van der Waals surface area (Å²) in [4.78, 5) is 14.6. The van der Waals surface area contributed by atoms with Crippen LogP contribution in [-0.4, -0.2) is 59.9 Å². The molecule has 6 nitrogen and oxygen atoms in total. The molecule has 1 aliphatic rings. The molecular formula is C18H22F3N5O. The third-order valence-electron chi connectivity index (χ3n) is 4.40. The summed E-state index contributed by atoms with van der Waals surface area (Å²) in [5, 5.41) is 9.68. The van der Waals surface area contributed by atoms with E-state index in [1.807, 2.05) is 0 Å². The highest BCUT2D eigenvalue weighted by molar-refractivity contribution is 5.94. The molecule has 0 radical (unpaired) electrons. The molecule has 0 atom stereocenters. The first-order valence-electron chi connectivity index (χ1n) is 8.88. The summed E-state index contributed by atoms with van der Waals surface area (Å²) in [6, 6.07) is 7.29. The topological polar surface area (TPSA) is 62.2 Å². The van der Waals surface area contributed by atoms with Crippen molar-refractivity contribution in [1.82, 2.24) is 25.3 Å². The van der Waals surface area contributed by atoms with Gasteiger partial charge in [-0.3, -0.25) is 4.79 Å². The molecule has 0 spiro atoms. The van der Waals surface area contributed by atoms with Crippen LogP contribution in [0.1, 0.15) is 22.5 Å². The minimum atomic E-state index is -4.50. The number of piperazine rings is 1. The number of rotatable bonds is 6. The fraction of sp³-hybridized carbons (Fsp3) is 0.444. The maximum absolute atomic E-state index is 12.7. The smallest absolute Gasteiger partial charge is 0.352 e. The molecular weight excluding hydrogens is 359 g/mol. The third kappa shape index (κ3) is 5.30. The molecule has 0 aliphatic carbocycles. The normalized spacial score (nSPS) is 15.7. The lowest BCUT2D eigenvalue weighted by Gasteiger charge is -2.27.